The second-order valence-electron chi connectivity index (χ2n) is 5.87. The minimum Gasteiger partial charge on any atom is -0.308 e. The number of nitrogens with one attached hydrogen (secondary N) is 1. The Hall–Kier alpha value is -0.550. The van der Waals surface area contributed by atoms with E-state index in [1.165, 1.54) is 55.4 Å². The van der Waals surface area contributed by atoms with Crippen LogP contribution in [0.2, 0.25) is 0 Å². The Bertz CT molecular complexity index is 429. The first kappa shape index (κ1) is 14.4. The Balaban J connectivity index is 1.47. The summed E-state index contributed by atoms with van der Waals surface area (Å²) in [6, 6.07) is 9.44. The second-order valence-corrected chi connectivity index (χ2v) is 6.90. The lowest BCUT2D eigenvalue weighted by Crippen LogP contribution is -2.46. The van der Waals surface area contributed by atoms with Crippen molar-refractivity contribution in [1.29, 1.82) is 0 Å². The minimum atomic E-state index is 0.539. The monoisotopic (exact) mass is 291 g/mol. The maximum Gasteiger partial charge on any atom is 0.0415 e. The number of nitrogens with zero attached hydrogens (tertiary/aromatic N) is 2. The van der Waals surface area contributed by atoms with Crippen LogP contribution in [0.1, 0.15) is 17.2 Å². The molecule has 20 heavy (non-hydrogen) atoms. The molecule has 0 bridgehead atoms. The van der Waals surface area contributed by atoms with Crippen LogP contribution in [-0.4, -0.2) is 61.9 Å². The smallest absolute Gasteiger partial charge is 0.0415 e. The summed E-state index contributed by atoms with van der Waals surface area (Å²) in [5.74, 6) is 2.38. The van der Waals surface area contributed by atoms with Crippen LogP contribution in [0.15, 0.2) is 24.3 Å². The second kappa shape index (κ2) is 6.94. The van der Waals surface area contributed by atoms with E-state index in [0.29, 0.717) is 6.04 Å². The molecule has 0 spiro atoms. The molecule has 1 aromatic rings. The number of thioether (sulfide) groups is 1. The van der Waals surface area contributed by atoms with Gasteiger partial charge in [0.15, 0.2) is 0 Å². The first-order chi connectivity index (χ1) is 9.83. The number of fused-ring (bicyclic) bond motifs is 1. The number of hydrogen-bond acceptors (Lipinski definition) is 4. The molecule has 1 fully saturated rings. The van der Waals surface area contributed by atoms with E-state index in [1.54, 1.807) is 0 Å². The number of piperazine rings is 1. The quantitative estimate of drug-likeness (QED) is 0.911. The van der Waals surface area contributed by atoms with E-state index in [9.17, 15) is 0 Å². The summed E-state index contributed by atoms with van der Waals surface area (Å²) in [6.45, 7) is 7.13. The molecule has 0 aliphatic carbocycles. The van der Waals surface area contributed by atoms with Crippen LogP contribution in [0.25, 0.3) is 0 Å². The number of hydrogen-bond donors (Lipinski definition) is 1. The van der Waals surface area contributed by atoms with Gasteiger partial charge in [0.05, 0.1) is 0 Å². The van der Waals surface area contributed by atoms with Gasteiger partial charge >= 0.3 is 0 Å². The highest BCUT2D eigenvalue weighted by molar-refractivity contribution is 7.98. The zero-order valence-electron chi connectivity index (χ0n) is 12.3. The molecule has 1 N–H and O–H groups in total. The van der Waals surface area contributed by atoms with E-state index < -0.39 is 0 Å². The molecule has 2 aliphatic rings. The van der Waals surface area contributed by atoms with Gasteiger partial charge in [0.25, 0.3) is 0 Å². The van der Waals surface area contributed by atoms with Crippen molar-refractivity contribution >= 4 is 11.8 Å². The van der Waals surface area contributed by atoms with Gasteiger partial charge in [0.1, 0.15) is 0 Å². The molecule has 2 heterocycles. The summed E-state index contributed by atoms with van der Waals surface area (Å²) in [5.41, 5.74) is 3.03. The van der Waals surface area contributed by atoms with Crippen LogP contribution >= 0.6 is 11.8 Å². The lowest BCUT2D eigenvalue weighted by molar-refractivity contribution is 0.154. The van der Waals surface area contributed by atoms with Gasteiger partial charge in [-0.3, -0.25) is 4.90 Å². The highest BCUT2D eigenvalue weighted by atomic mass is 32.2. The maximum atomic E-state index is 3.76. The predicted octanol–water partition coefficient (Wildman–Crippen LogP) is 1.81. The SMILES string of the molecule is CN1CCN(CCNC2CSCc3ccccc32)CC1. The fraction of sp³-hybridized carbons (Fsp3) is 0.625. The minimum absolute atomic E-state index is 0.539. The topological polar surface area (TPSA) is 18.5 Å². The average molecular weight is 291 g/mol. The van der Waals surface area contributed by atoms with Crippen LogP contribution in [0.3, 0.4) is 0 Å². The van der Waals surface area contributed by atoms with Crippen LogP contribution in [0.5, 0.6) is 0 Å². The van der Waals surface area contributed by atoms with Crippen LogP contribution < -0.4 is 5.32 Å². The molecule has 3 nitrogen and oxygen atoms in total. The molecule has 110 valence electrons. The van der Waals surface area contributed by atoms with Gasteiger partial charge in [0, 0.05) is 56.8 Å². The van der Waals surface area contributed by atoms with Crippen molar-refractivity contribution in [1.82, 2.24) is 15.1 Å². The lowest BCUT2D eigenvalue weighted by Gasteiger charge is -2.33. The van der Waals surface area contributed by atoms with Crippen LogP contribution in [0.4, 0.5) is 0 Å². The number of benzene rings is 1. The summed E-state index contributed by atoms with van der Waals surface area (Å²) in [7, 11) is 2.21. The van der Waals surface area contributed by atoms with Crippen LogP contribution in [0, 0.1) is 0 Å². The van der Waals surface area contributed by atoms with Gasteiger partial charge in [0.2, 0.25) is 0 Å². The molecule has 4 heteroatoms. The van der Waals surface area contributed by atoms with E-state index in [2.05, 4.69) is 46.4 Å². The molecule has 0 aromatic heterocycles. The zero-order chi connectivity index (χ0) is 13.8. The van der Waals surface area contributed by atoms with Crippen molar-refractivity contribution in [3.05, 3.63) is 35.4 Å². The summed E-state index contributed by atoms with van der Waals surface area (Å²) in [6.07, 6.45) is 0. The molecule has 1 atom stereocenters. The maximum absolute atomic E-state index is 3.76. The lowest BCUT2D eigenvalue weighted by atomic mass is 10.0. The molecular weight excluding hydrogens is 266 g/mol. The van der Waals surface area contributed by atoms with Gasteiger partial charge in [-0.1, -0.05) is 24.3 Å². The van der Waals surface area contributed by atoms with E-state index >= 15 is 0 Å². The largest absolute Gasteiger partial charge is 0.308 e. The molecule has 0 amide bonds. The average Bonchev–Trinajstić information content (AvgIpc) is 2.49. The highest BCUT2D eigenvalue weighted by Gasteiger charge is 2.20. The Kier molecular flexibility index (Phi) is 4.99. The van der Waals surface area contributed by atoms with E-state index in [4.69, 9.17) is 0 Å². The number of likely N-dealkylation sites (N-methyl/N-ethyl adjacent to an activating group) is 1. The predicted molar refractivity (Wildman–Crippen MR) is 87.3 cm³/mol. The van der Waals surface area contributed by atoms with E-state index in [-0.39, 0.29) is 0 Å². The van der Waals surface area contributed by atoms with Gasteiger partial charge in [-0.05, 0) is 18.2 Å². The fourth-order valence-corrected chi connectivity index (χ4v) is 4.15. The molecule has 3 rings (SSSR count). The highest BCUT2D eigenvalue weighted by Crippen LogP contribution is 2.31. The Morgan fingerprint density at radius 3 is 2.85 bits per heavy atom. The molecule has 1 aromatic carbocycles. The normalized spacial score (nSPS) is 24.6. The Morgan fingerprint density at radius 2 is 2.00 bits per heavy atom. The molecule has 1 unspecified atom stereocenters. The summed E-state index contributed by atoms with van der Waals surface area (Å²) >= 11 is 2.05. The molecular formula is C16H25N3S. The summed E-state index contributed by atoms with van der Waals surface area (Å²) in [5, 5.41) is 3.76. The zero-order valence-corrected chi connectivity index (χ0v) is 13.2. The molecule has 1 saturated heterocycles. The van der Waals surface area contributed by atoms with Crippen molar-refractivity contribution in [3.8, 4) is 0 Å². The third-order valence-electron chi connectivity index (χ3n) is 4.39. The first-order valence-electron chi connectivity index (χ1n) is 7.63. The van der Waals surface area contributed by atoms with E-state index in [1.807, 2.05) is 11.8 Å². The first-order valence-corrected chi connectivity index (χ1v) is 8.78. The fourth-order valence-electron chi connectivity index (χ4n) is 3.02. The number of rotatable bonds is 4. The standard InChI is InChI=1S/C16H25N3S/c1-18-8-10-19(11-9-18)7-6-17-16-13-20-12-14-4-2-3-5-15(14)16/h2-5,16-17H,6-13H2,1H3. The van der Waals surface area contributed by atoms with E-state index in [0.717, 1.165) is 6.54 Å². The summed E-state index contributed by atoms with van der Waals surface area (Å²) < 4.78 is 0. The Labute approximate surface area is 126 Å². The molecule has 2 aliphatic heterocycles. The van der Waals surface area contributed by atoms with Gasteiger partial charge in [-0.2, -0.15) is 11.8 Å². The molecule has 0 saturated carbocycles. The Morgan fingerprint density at radius 1 is 1.20 bits per heavy atom. The van der Waals surface area contributed by atoms with Gasteiger partial charge < -0.3 is 10.2 Å². The van der Waals surface area contributed by atoms with Gasteiger partial charge in [-0.25, -0.2) is 0 Å². The summed E-state index contributed by atoms with van der Waals surface area (Å²) in [4.78, 5) is 4.99. The van der Waals surface area contributed by atoms with Crippen molar-refractivity contribution in [2.75, 3.05) is 52.1 Å². The third-order valence-corrected chi connectivity index (χ3v) is 5.47. The molecule has 0 radical (unpaired) electrons. The third kappa shape index (κ3) is 3.55. The van der Waals surface area contributed by atoms with Crippen molar-refractivity contribution < 1.29 is 0 Å². The van der Waals surface area contributed by atoms with Crippen molar-refractivity contribution in [2.45, 2.75) is 11.8 Å². The van der Waals surface area contributed by atoms with Gasteiger partial charge in [-0.15, -0.1) is 0 Å². The van der Waals surface area contributed by atoms with Crippen molar-refractivity contribution in [3.63, 3.8) is 0 Å². The van der Waals surface area contributed by atoms with Crippen molar-refractivity contribution in [2.24, 2.45) is 0 Å². The van der Waals surface area contributed by atoms with Crippen LogP contribution in [-0.2, 0) is 5.75 Å².